The van der Waals surface area contributed by atoms with Gasteiger partial charge in [-0.3, -0.25) is 0 Å². The second-order valence-electron chi connectivity index (χ2n) is 4.92. The number of hydrogen-bond acceptors (Lipinski definition) is 1. The van der Waals surface area contributed by atoms with Gasteiger partial charge in [-0.25, -0.2) is 0 Å². The van der Waals surface area contributed by atoms with Crippen LogP contribution >= 0.6 is 11.6 Å². The van der Waals surface area contributed by atoms with Crippen molar-refractivity contribution in [2.24, 2.45) is 0 Å². The van der Waals surface area contributed by atoms with Crippen molar-refractivity contribution < 1.29 is 0 Å². The molecule has 0 aliphatic rings. The zero-order chi connectivity index (χ0) is 13.4. The van der Waals surface area contributed by atoms with Crippen LogP contribution in [0, 0.1) is 0 Å². The Kier molecular flexibility index (Phi) is 7.38. The van der Waals surface area contributed by atoms with Crippen LogP contribution in [-0.4, -0.2) is 12.6 Å². The predicted octanol–water partition coefficient (Wildman–Crippen LogP) is 5.00. The molecule has 0 fully saturated rings. The van der Waals surface area contributed by atoms with Crippen molar-refractivity contribution in [3.8, 4) is 0 Å². The summed E-state index contributed by atoms with van der Waals surface area (Å²) in [4.78, 5) is 0. The Labute approximate surface area is 117 Å². The van der Waals surface area contributed by atoms with Gasteiger partial charge in [0, 0.05) is 11.1 Å². The minimum Gasteiger partial charge on any atom is -0.313 e. The molecule has 0 aromatic heterocycles. The van der Waals surface area contributed by atoms with Crippen molar-refractivity contribution in [1.82, 2.24) is 5.32 Å². The van der Waals surface area contributed by atoms with Gasteiger partial charge in [0.15, 0.2) is 0 Å². The fraction of sp³-hybridized carbons (Fsp3) is 0.625. The molecule has 1 aromatic rings. The van der Waals surface area contributed by atoms with E-state index in [9.17, 15) is 0 Å². The van der Waals surface area contributed by atoms with E-state index in [2.05, 4.69) is 38.2 Å². The van der Waals surface area contributed by atoms with Crippen LogP contribution in [0.15, 0.2) is 24.3 Å². The molecule has 0 saturated heterocycles. The summed E-state index contributed by atoms with van der Waals surface area (Å²) in [5, 5.41) is 4.52. The lowest BCUT2D eigenvalue weighted by molar-refractivity contribution is 0.396. The van der Waals surface area contributed by atoms with Crippen LogP contribution in [0.5, 0.6) is 0 Å². The summed E-state index contributed by atoms with van der Waals surface area (Å²) in [6, 6.07) is 8.94. The molecule has 0 spiro atoms. The van der Waals surface area contributed by atoms with E-state index in [-0.39, 0.29) is 0 Å². The van der Waals surface area contributed by atoms with E-state index in [0.717, 1.165) is 11.6 Å². The maximum absolute atomic E-state index is 5.97. The lowest BCUT2D eigenvalue weighted by Gasteiger charge is -2.27. The van der Waals surface area contributed by atoms with Crippen LogP contribution in [0.25, 0.3) is 0 Å². The fourth-order valence-electron chi connectivity index (χ4n) is 2.55. The summed E-state index contributed by atoms with van der Waals surface area (Å²) in [5.41, 5.74) is 1.41. The first kappa shape index (κ1) is 15.5. The van der Waals surface area contributed by atoms with Gasteiger partial charge in [-0.1, -0.05) is 50.9 Å². The van der Waals surface area contributed by atoms with E-state index in [0.29, 0.717) is 12.0 Å². The molecule has 1 aromatic carbocycles. The van der Waals surface area contributed by atoms with Crippen molar-refractivity contribution in [3.05, 3.63) is 34.9 Å². The zero-order valence-electron chi connectivity index (χ0n) is 11.9. The van der Waals surface area contributed by atoms with Crippen LogP contribution in [0.3, 0.4) is 0 Å². The third-order valence-corrected chi connectivity index (χ3v) is 3.73. The van der Waals surface area contributed by atoms with Crippen LogP contribution in [0.1, 0.15) is 57.9 Å². The largest absolute Gasteiger partial charge is 0.313 e. The van der Waals surface area contributed by atoms with Gasteiger partial charge in [-0.15, -0.1) is 0 Å². The average Bonchev–Trinajstić information content (AvgIpc) is 2.39. The Morgan fingerprint density at radius 2 is 1.72 bits per heavy atom. The normalized spacial score (nSPS) is 14.4. The molecule has 1 N–H and O–H groups in total. The first-order valence-electron chi connectivity index (χ1n) is 7.21. The Morgan fingerprint density at radius 1 is 1.06 bits per heavy atom. The topological polar surface area (TPSA) is 12.0 Å². The number of nitrogens with one attached hydrogen (secondary N) is 1. The Hall–Kier alpha value is -0.530. The van der Waals surface area contributed by atoms with Crippen molar-refractivity contribution in [1.29, 1.82) is 0 Å². The number of rotatable bonds is 8. The summed E-state index contributed by atoms with van der Waals surface area (Å²) >= 11 is 5.97. The molecule has 0 amide bonds. The minimum atomic E-state index is 0.584. The molecule has 0 heterocycles. The summed E-state index contributed by atoms with van der Waals surface area (Å²) in [7, 11) is 0. The maximum Gasteiger partial charge on any atom is 0.0406 e. The number of halogens is 1. The lowest BCUT2D eigenvalue weighted by atomic mass is 9.86. The smallest absolute Gasteiger partial charge is 0.0406 e. The molecule has 0 aliphatic carbocycles. The molecule has 0 radical (unpaired) electrons. The quantitative estimate of drug-likeness (QED) is 0.699. The molecule has 0 bridgehead atoms. The van der Waals surface area contributed by atoms with E-state index in [1.807, 2.05) is 12.1 Å². The molecular formula is C16H26ClN. The summed E-state index contributed by atoms with van der Waals surface area (Å²) in [6.45, 7) is 7.86. The van der Waals surface area contributed by atoms with Crippen molar-refractivity contribution in [2.45, 2.75) is 58.4 Å². The second kappa shape index (κ2) is 8.55. The second-order valence-corrected chi connectivity index (χ2v) is 5.35. The first-order chi connectivity index (χ1) is 8.72. The molecule has 1 nitrogen and oxygen atoms in total. The van der Waals surface area contributed by atoms with Crippen LogP contribution in [-0.2, 0) is 0 Å². The highest BCUT2D eigenvalue weighted by molar-refractivity contribution is 6.30. The van der Waals surface area contributed by atoms with Crippen LogP contribution < -0.4 is 5.32 Å². The van der Waals surface area contributed by atoms with Crippen molar-refractivity contribution in [2.75, 3.05) is 6.54 Å². The minimum absolute atomic E-state index is 0.584. The average molecular weight is 268 g/mol. The molecule has 2 atom stereocenters. The molecule has 102 valence electrons. The number of benzene rings is 1. The first-order valence-corrected chi connectivity index (χ1v) is 7.59. The predicted molar refractivity (Wildman–Crippen MR) is 81.5 cm³/mol. The summed E-state index contributed by atoms with van der Waals surface area (Å²) in [5.74, 6) is 0.591. The number of hydrogen-bond donors (Lipinski definition) is 1. The van der Waals surface area contributed by atoms with Crippen molar-refractivity contribution >= 4 is 11.6 Å². The van der Waals surface area contributed by atoms with Gasteiger partial charge in [-0.05, 0) is 49.4 Å². The van der Waals surface area contributed by atoms with Gasteiger partial charge in [0.05, 0.1) is 0 Å². The highest BCUT2D eigenvalue weighted by atomic mass is 35.5. The van der Waals surface area contributed by atoms with Gasteiger partial charge < -0.3 is 5.32 Å². The van der Waals surface area contributed by atoms with Crippen LogP contribution in [0.2, 0.25) is 5.02 Å². The molecular weight excluding hydrogens is 242 g/mol. The summed E-state index contributed by atoms with van der Waals surface area (Å²) in [6.07, 6.45) is 4.83. The van der Waals surface area contributed by atoms with Gasteiger partial charge in [0.2, 0.25) is 0 Å². The third-order valence-electron chi connectivity index (χ3n) is 3.48. The Morgan fingerprint density at radius 3 is 2.22 bits per heavy atom. The van der Waals surface area contributed by atoms with Gasteiger partial charge >= 0.3 is 0 Å². The molecule has 2 unspecified atom stereocenters. The SMILES string of the molecule is CCCNC(CCC)C(CC)c1ccc(Cl)cc1. The zero-order valence-corrected chi connectivity index (χ0v) is 12.6. The highest BCUT2D eigenvalue weighted by Crippen LogP contribution is 2.27. The highest BCUT2D eigenvalue weighted by Gasteiger charge is 2.20. The molecule has 0 saturated carbocycles. The molecule has 1 rings (SSSR count). The maximum atomic E-state index is 5.97. The van der Waals surface area contributed by atoms with Gasteiger partial charge in [-0.2, -0.15) is 0 Å². The lowest BCUT2D eigenvalue weighted by Crippen LogP contribution is -2.35. The van der Waals surface area contributed by atoms with Gasteiger partial charge in [0.25, 0.3) is 0 Å². The van der Waals surface area contributed by atoms with E-state index in [4.69, 9.17) is 11.6 Å². The fourth-order valence-corrected chi connectivity index (χ4v) is 2.67. The Bertz CT molecular complexity index is 320. The molecule has 0 aliphatic heterocycles. The van der Waals surface area contributed by atoms with Gasteiger partial charge in [0.1, 0.15) is 0 Å². The molecule has 18 heavy (non-hydrogen) atoms. The van der Waals surface area contributed by atoms with E-state index in [1.54, 1.807) is 0 Å². The van der Waals surface area contributed by atoms with E-state index < -0.39 is 0 Å². The van der Waals surface area contributed by atoms with E-state index in [1.165, 1.54) is 31.2 Å². The monoisotopic (exact) mass is 267 g/mol. The molecule has 2 heteroatoms. The summed E-state index contributed by atoms with van der Waals surface area (Å²) < 4.78 is 0. The standard InChI is InChI=1S/C16H26ClN/c1-4-7-16(18-12-5-2)15(6-3)13-8-10-14(17)11-9-13/h8-11,15-16,18H,4-7,12H2,1-3H3. The Balaban J connectivity index is 2.79. The van der Waals surface area contributed by atoms with Crippen LogP contribution in [0.4, 0.5) is 0 Å². The van der Waals surface area contributed by atoms with Crippen molar-refractivity contribution in [3.63, 3.8) is 0 Å². The van der Waals surface area contributed by atoms with E-state index >= 15 is 0 Å². The third kappa shape index (κ3) is 4.62.